The zero-order chi connectivity index (χ0) is 13.8. The average Bonchev–Trinajstić information content (AvgIpc) is 2.46. The Morgan fingerprint density at radius 1 is 1.21 bits per heavy atom. The Bertz CT molecular complexity index is 602. The molecule has 3 nitrogen and oxygen atoms in total. The van der Waals surface area contributed by atoms with Gasteiger partial charge in [0.05, 0.1) is 6.04 Å². The lowest BCUT2D eigenvalue weighted by Gasteiger charge is -2.26. The van der Waals surface area contributed by atoms with Crippen molar-refractivity contribution in [2.24, 2.45) is 0 Å². The van der Waals surface area contributed by atoms with E-state index < -0.39 is 0 Å². The van der Waals surface area contributed by atoms with E-state index in [0.717, 1.165) is 11.4 Å². The van der Waals surface area contributed by atoms with Gasteiger partial charge in [-0.25, -0.2) is 9.37 Å². The van der Waals surface area contributed by atoms with Gasteiger partial charge in [-0.2, -0.15) is 5.26 Å². The second-order valence-electron chi connectivity index (χ2n) is 4.33. The largest absolute Gasteiger partial charge is 0.353 e. The molecule has 1 unspecified atom stereocenters. The zero-order valence-corrected chi connectivity index (χ0v) is 10.8. The third kappa shape index (κ3) is 2.89. The minimum atomic E-state index is -0.247. The summed E-state index contributed by atoms with van der Waals surface area (Å²) in [5.74, 6) is 0.471. The molecule has 0 amide bonds. The minimum absolute atomic E-state index is 0.0436. The summed E-state index contributed by atoms with van der Waals surface area (Å²) in [7, 11) is 1.90. The molecule has 2 rings (SSSR count). The highest BCUT2D eigenvalue weighted by Crippen LogP contribution is 2.23. The SMILES string of the molecule is CC(c1ccc(F)cc1)N(C)c1cccc(C#N)n1. The molecule has 1 heterocycles. The van der Waals surface area contributed by atoms with E-state index in [4.69, 9.17) is 5.26 Å². The van der Waals surface area contributed by atoms with Gasteiger partial charge in [0.1, 0.15) is 23.4 Å². The van der Waals surface area contributed by atoms with Crippen LogP contribution in [-0.2, 0) is 0 Å². The quantitative estimate of drug-likeness (QED) is 0.845. The number of benzene rings is 1. The van der Waals surface area contributed by atoms with E-state index in [2.05, 4.69) is 4.98 Å². The first-order valence-electron chi connectivity index (χ1n) is 5.97. The summed E-state index contributed by atoms with van der Waals surface area (Å²) in [5, 5.41) is 8.86. The molecular weight excluding hydrogens is 241 g/mol. The summed E-state index contributed by atoms with van der Waals surface area (Å²) < 4.78 is 12.9. The normalized spacial score (nSPS) is 11.7. The fourth-order valence-electron chi connectivity index (χ4n) is 1.85. The van der Waals surface area contributed by atoms with Crippen molar-refractivity contribution in [2.45, 2.75) is 13.0 Å². The maximum absolute atomic E-state index is 12.9. The van der Waals surface area contributed by atoms with Crippen molar-refractivity contribution in [1.82, 2.24) is 4.98 Å². The van der Waals surface area contributed by atoms with Gasteiger partial charge in [0.2, 0.25) is 0 Å². The molecule has 19 heavy (non-hydrogen) atoms. The third-order valence-electron chi connectivity index (χ3n) is 3.14. The molecule has 0 aliphatic rings. The smallest absolute Gasteiger partial charge is 0.142 e. The number of nitrogens with zero attached hydrogens (tertiary/aromatic N) is 3. The summed E-state index contributed by atoms with van der Waals surface area (Å²) in [6.45, 7) is 2.01. The molecule has 2 aromatic rings. The predicted octanol–water partition coefficient (Wildman–Crippen LogP) is 3.29. The van der Waals surface area contributed by atoms with E-state index in [9.17, 15) is 4.39 Å². The Hall–Kier alpha value is -2.41. The molecule has 1 atom stereocenters. The first-order valence-corrected chi connectivity index (χ1v) is 5.97. The van der Waals surface area contributed by atoms with E-state index in [1.165, 1.54) is 12.1 Å². The fraction of sp³-hybridized carbons (Fsp3) is 0.200. The van der Waals surface area contributed by atoms with Crippen LogP contribution in [0.5, 0.6) is 0 Å². The Kier molecular flexibility index (Phi) is 3.76. The molecule has 0 bridgehead atoms. The minimum Gasteiger partial charge on any atom is -0.353 e. The number of pyridine rings is 1. The number of hydrogen-bond donors (Lipinski definition) is 0. The number of halogens is 1. The van der Waals surface area contributed by atoms with Gasteiger partial charge in [0.25, 0.3) is 0 Å². The highest BCUT2D eigenvalue weighted by atomic mass is 19.1. The van der Waals surface area contributed by atoms with Crippen LogP contribution in [0.4, 0.5) is 10.2 Å². The maximum atomic E-state index is 12.9. The molecule has 0 radical (unpaired) electrons. The molecule has 1 aromatic carbocycles. The van der Waals surface area contributed by atoms with Crippen LogP contribution in [0.3, 0.4) is 0 Å². The van der Waals surface area contributed by atoms with Crippen LogP contribution in [0.1, 0.15) is 24.2 Å². The molecule has 0 saturated heterocycles. The predicted molar refractivity (Wildman–Crippen MR) is 72.2 cm³/mol. The lowest BCUT2D eigenvalue weighted by molar-refractivity contribution is 0.625. The summed E-state index contributed by atoms with van der Waals surface area (Å²) in [6, 6.07) is 13.8. The maximum Gasteiger partial charge on any atom is 0.142 e. The first kappa shape index (κ1) is 13.0. The fourth-order valence-corrected chi connectivity index (χ4v) is 1.85. The van der Waals surface area contributed by atoms with E-state index in [0.29, 0.717) is 5.69 Å². The molecule has 0 spiro atoms. The Morgan fingerprint density at radius 2 is 1.89 bits per heavy atom. The number of hydrogen-bond acceptors (Lipinski definition) is 3. The van der Waals surface area contributed by atoms with Gasteiger partial charge >= 0.3 is 0 Å². The summed E-state index contributed by atoms with van der Waals surface area (Å²) in [4.78, 5) is 6.20. The van der Waals surface area contributed by atoms with Crippen LogP contribution >= 0.6 is 0 Å². The van der Waals surface area contributed by atoms with Crippen molar-refractivity contribution in [3.63, 3.8) is 0 Å². The average molecular weight is 255 g/mol. The number of rotatable bonds is 3. The van der Waals surface area contributed by atoms with Gasteiger partial charge in [0.15, 0.2) is 0 Å². The van der Waals surface area contributed by atoms with Gasteiger partial charge in [-0.3, -0.25) is 0 Å². The standard InChI is InChI=1S/C15H14FN3/c1-11(12-6-8-13(16)9-7-12)19(2)15-5-3-4-14(10-17)18-15/h3-9,11H,1-2H3. The van der Waals surface area contributed by atoms with Crippen molar-refractivity contribution >= 4 is 5.82 Å². The van der Waals surface area contributed by atoms with E-state index in [1.54, 1.807) is 24.3 Å². The second-order valence-corrected chi connectivity index (χ2v) is 4.33. The van der Waals surface area contributed by atoms with Gasteiger partial charge in [-0.15, -0.1) is 0 Å². The van der Waals surface area contributed by atoms with Crippen molar-refractivity contribution in [2.75, 3.05) is 11.9 Å². The van der Waals surface area contributed by atoms with Crippen LogP contribution < -0.4 is 4.90 Å². The summed E-state index contributed by atoms with van der Waals surface area (Å²) in [5.41, 5.74) is 1.38. The second kappa shape index (κ2) is 5.49. The monoisotopic (exact) mass is 255 g/mol. The van der Waals surface area contributed by atoms with Gasteiger partial charge in [-0.1, -0.05) is 18.2 Å². The Balaban J connectivity index is 2.25. The van der Waals surface area contributed by atoms with Crippen molar-refractivity contribution < 1.29 is 4.39 Å². The Labute approximate surface area is 111 Å². The summed E-state index contributed by atoms with van der Waals surface area (Å²) >= 11 is 0. The molecule has 1 aromatic heterocycles. The van der Waals surface area contributed by atoms with Crippen molar-refractivity contribution in [3.8, 4) is 6.07 Å². The van der Waals surface area contributed by atoms with Gasteiger partial charge in [-0.05, 0) is 36.8 Å². The third-order valence-corrected chi connectivity index (χ3v) is 3.14. The lowest BCUT2D eigenvalue weighted by Crippen LogP contribution is -2.22. The topological polar surface area (TPSA) is 39.9 Å². The van der Waals surface area contributed by atoms with Gasteiger partial charge < -0.3 is 4.90 Å². The van der Waals surface area contributed by atoms with Crippen LogP contribution in [-0.4, -0.2) is 12.0 Å². The molecule has 0 fully saturated rings. The van der Waals surface area contributed by atoms with Crippen molar-refractivity contribution in [3.05, 3.63) is 59.5 Å². The number of aromatic nitrogens is 1. The molecular formula is C15H14FN3. The first-order chi connectivity index (χ1) is 9.11. The molecule has 96 valence electrons. The number of anilines is 1. The van der Waals surface area contributed by atoms with Crippen LogP contribution in [0.25, 0.3) is 0 Å². The molecule has 4 heteroatoms. The zero-order valence-electron chi connectivity index (χ0n) is 10.8. The molecule has 0 aliphatic carbocycles. The van der Waals surface area contributed by atoms with E-state index in [-0.39, 0.29) is 11.9 Å². The summed E-state index contributed by atoms with van der Waals surface area (Å²) in [6.07, 6.45) is 0. The van der Waals surface area contributed by atoms with E-state index >= 15 is 0 Å². The molecule has 0 saturated carbocycles. The van der Waals surface area contributed by atoms with Gasteiger partial charge in [0, 0.05) is 7.05 Å². The van der Waals surface area contributed by atoms with Crippen LogP contribution in [0.2, 0.25) is 0 Å². The highest BCUT2D eigenvalue weighted by Gasteiger charge is 2.13. The van der Waals surface area contributed by atoms with Crippen LogP contribution in [0.15, 0.2) is 42.5 Å². The Morgan fingerprint density at radius 3 is 2.53 bits per heavy atom. The molecule has 0 N–H and O–H groups in total. The highest BCUT2D eigenvalue weighted by molar-refractivity contribution is 5.43. The van der Waals surface area contributed by atoms with E-state index in [1.807, 2.05) is 31.0 Å². The van der Waals surface area contributed by atoms with Crippen LogP contribution in [0, 0.1) is 17.1 Å². The lowest BCUT2D eigenvalue weighted by atomic mass is 10.1. The number of nitriles is 1. The van der Waals surface area contributed by atoms with Crippen molar-refractivity contribution in [1.29, 1.82) is 5.26 Å². The molecule has 0 aliphatic heterocycles.